The number of amides is 3. The first kappa shape index (κ1) is 20.9. The zero-order chi connectivity index (χ0) is 20.5. The van der Waals surface area contributed by atoms with Crippen molar-refractivity contribution in [2.45, 2.75) is 45.1 Å². The zero-order valence-electron chi connectivity index (χ0n) is 17.1. The second kappa shape index (κ2) is 10.6. The molecule has 2 N–H and O–H groups in total. The van der Waals surface area contributed by atoms with Gasteiger partial charge in [-0.2, -0.15) is 0 Å². The van der Waals surface area contributed by atoms with Crippen molar-refractivity contribution in [2.24, 2.45) is 5.92 Å². The van der Waals surface area contributed by atoms with E-state index in [4.69, 9.17) is 0 Å². The minimum Gasteiger partial charge on any atom is -0.354 e. The van der Waals surface area contributed by atoms with Gasteiger partial charge in [0.1, 0.15) is 0 Å². The Morgan fingerprint density at radius 2 is 1.62 bits per heavy atom. The molecule has 1 saturated heterocycles. The van der Waals surface area contributed by atoms with Crippen molar-refractivity contribution in [1.82, 2.24) is 10.2 Å². The highest BCUT2D eigenvalue weighted by molar-refractivity contribution is 5.89. The highest BCUT2D eigenvalue weighted by atomic mass is 16.2. The number of para-hydroxylation sites is 1. The third-order valence-electron chi connectivity index (χ3n) is 5.52. The number of piperidine rings is 1. The molecule has 0 aromatic heterocycles. The van der Waals surface area contributed by atoms with Crippen LogP contribution in [0.4, 0.5) is 10.5 Å². The molecule has 3 rings (SSSR count). The lowest BCUT2D eigenvalue weighted by Crippen LogP contribution is -2.42. The number of benzene rings is 2. The van der Waals surface area contributed by atoms with E-state index < -0.39 is 0 Å². The van der Waals surface area contributed by atoms with Gasteiger partial charge in [-0.1, -0.05) is 48.5 Å². The van der Waals surface area contributed by atoms with E-state index >= 15 is 0 Å². The van der Waals surface area contributed by atoms with Crippen molar-refractivity contribution in [1.29, 1.82) is 0 Å². The van der Waals surface area contributed by atoms with Crippen LogP contribution in [-0.4, -0.2) is 36.0 Å². The fraction of sp³-hybridized carbons (Fsp3) is 0.417. The average molecular weight is 394 g/mol. The van der Waals surface area contributed by atoms with Crippen LogP contribution in [0, 0.1) is 5.92 Å². The number of carbonyl (C=O) groups is 2. The maximum atomic E-state index is 12.4. The molecule has 0 aliphatic carbocycles. The minimum absolute atomic E-state index is 0.0614. The Balaban J connectivity index is 1.34. The van der Waals surface area contributed by atoms with Gasteiger partial charge in [0.25, 0.3) is 0 Å². The third kappa shape index (κ3) is 6.93. The molecule has 0 spiro atoms. The van der Waals surface area contributed by atoms with E-state index in [1.54, 1.807) is 0 Å². The molecular formula is C24H31N3O2. The number of likely N-dealkylation sites (tertiary alicyclic amines) is 1. The Hall–Kier alpha value is -2.82. The molecule has 0 radical (unpaired) electrons. The van der Waals surface area contributed by atoms with Crippen molar-refractivity contribution in [3.63, 3.8) is 0 Å². The quantitative estimate of drug-likeness (QED) is 0.730. The van der Waals surface area contributed by atoms with Crippen molar-refractivity contribution in [2.75, 3.05) is 18.4 Å². The lowest BCUT2D eigenvalue weighted by Gasteiger charge is -2.32. The molecule has 29 heavy (non-hydrogen) atoms. The molecular weight excluding hydrogens is 362 g/mol. The van der Waals surface area contributed by atoms with Crippen LogP contribution in [0.15, 0.2) is 60.7 Å². The van der Waals surface area contributed by atoms with Crippen LogP contribution in [0.3, 0.4) is 0 Å². The van der Waals surface area contributed by atoms with Crippen LogP contribution in [0.1, 0.15) is 38.2 Å². The molecule has 0 saturated carbocycles. The molecule has 2 aromatic rings. The molecule has 1 aliphatic heterocycles. The molecule has 5 heteroatoms. The van der Waals surface area contributed by atoms with Crippen molar-refractivity contribution < 1.29 is 9.59 Å². The number of carbonyl (C=O) groups excluding carboxylic acids is 2. The van der Waals surface area contributed by atoms with Gasteiger partial charge in [0.2, 0.25) is 5.91 Å². The van der Waals surface area contributed by atoms with Crippen molar-refractivity contribution in [3.8, 4) is 0 Å². The topological polar surface area (TPSA) is 61.4 Å². The summed E-state index contributed by atoms with van der Waals surface area (Å²) in [5, 5.41) is 6.06. The summed E-state index contributed by atoms with van der Waals surface area (Å²) >= 11 is 0. The summed E-state index contributed by atoms with van der Waals surface area (Å²) < 4.78 is 0. The molecule has 0 unspecified atom stereocenters. The van der Waals surface area contributed by atoms with Crippen LogP contribution in [0.5, 0.6) is 0 Å². The van der Waals surface area contributed by atoms with Crippen LogP contribution in [-0.2, 0) is 11.2 Å². The maximum absolute atomic E-state index is 12.4. The van der Waals surface area contributed by atoms with Gasteiger partial charge >= 0.3 is 6.03 Å². The van der Waals surface area contributed by atoms with Crippen LogP contribution in [0.2, 0.25) is 0 Å². The van der Waals surface area contributed by atoms with E-state index in [1.165, 1.54) is 5.56 Å². The number of urea groups is 1. The van der Waals surface area contributed by atoms with Crippen LogP contribution >= 0.6 is 0 Å². The Morgan fingerprint density at radius 3 is 2.28 bits per heavy atom. The van der Waals surface area contributed by atoms with Gasteiger partial charge in [0, 0.05) is 31.2 Å². The molecule has 0 bridgehead atoms. The third-order valence-corrected chi connectivity index (χ3v) is 5.52. The summed E-state index contributed by atoms with van der Waals surface area (Å²) in [5.74, 6) is 0.467. The molecule has 3 amide bonds. The largest absolute Gasteiger partial charge is 0.354 e. The summed E-state index contributed by atoms with van der Waals surface area (Å²) in [6.07, 6.45) is 4.19. The van der Waals surface area contributed by atoms with Crippen molar-refractivity contribution >= 4 is 17.6 Å². The summed E-state index contributed by atoms with van der Waals surface area (Å²) in [6.45, 7) is 3.46. The zero-order valence-corrected chi connectivity index (χ0v) is 17.1. The van der Waals surface area contributed by atoms with Gasteiger partial charge in [0.15, 0.2) is 0 Å². The van der Waals surface area contributed by atoms with Gasteiger partial charge in [0.05, 0.1) is 0 Å². The maximum Gasteiger partial charge on any atom is 0.321 e. The van der Waals surface area contributed by atoms with E-state index in [1.807, 2.05) is 53.4 Å². The van der Waals surface area contributed by atoms with Crippen LogP contribution < -0.4 is 10.6 Å². The van der Waals surface area contributed by atoms with Gasteiger partial charge in [-0.25, -0.2) is 4.79 Å². The molecule has 1 heterocycles. The Morgan fingerprint density at radius 1 is 1.00 bits per heavy atom. The summed E-state index contributed by atoms with van der Waals surface area (Å²) in [6, 6.07) is 20.0. The Labute approximate surface area is 173 Å². The second-order valence-corrected chi connectivity index (χ2v) is 7.92. The number of hydrogen-bond acceptors (Lipinski definition) is 2. The van der Waals surface area contributed by atoms with E-state index in [0.717, 1.165) is 31.4 Å². The first-order valence-corrected chi connectivity index (χ1v) is 10.5. The van der Waals surface area contributed by atoms with E-state index in [9.17, 15) is 9.59 Å². The number of anilines is 1. The summed E-state index contributed by atoms with van der Waals surface area (Å²) in [4.78, 5) is 26.6. The lowest BCUT2D eigenvalue weighted by molar-refractivity contribution is -0.122. The van der Waals surface area contributed by atoms with Gasteiger partial charge in [-0.15, -0.1) is 0 Å². The molecule has 1 aliphatic rings. The first-order chi connectivity index (χ1) is 14.1. The number of nitrogens with zero attached hydrogens (tertiary/aromatic N) is 1. The predicted octanol–water partition coefficient (Wildman–Crippen LogP) is 4.46. The molecule has 154 valence electrons. The lowest BCUT2D eigenvalue weighted by atomic mass is 9.93. The number of aryl methyl sites for hydroxylation is 1. The normalized spacial score (nSPS) is 15.6. The fourth-order valence-corrected chi connectivity index (χ4v) is 3.76. The summed E-state index contributed by atoms with van der Waals surface area (Å²) in [7, 11) is 0. The molecule has 5 nitrogen and oxygen atoms in total. The Kier molecular flexibility index (Phi) is 7.68. The monoisotopic (exact) mass is 393 g/mol. The number of hydrogen-bond donors (Lipinski definition) is 2. The number of rotatable bonds is 7. The van der Waals surface area contributed by atoms with Gasteiger partial charge in [-0.3, -0.25) is 4.79 Å². The minimum atomic E-state index is -0.0614. The predicted molar refractivity (Wildman–Crippen MR) is 117 cm³/mol. The van der Waals surface area contributed by atoms with Crippen LogP contribution in [0.25, 0.3) is 0 Å². The summed E-state index contributed by atoms with van der Waals surface area (Å²) in [5.41, 5.74) is 2.11. The smallest absolute Gasteiger partial charge is 0.321 e. The van der Waals surface area contributed by atoms with Gasteiger partial charge < -0.3 is 15.5 Å². The first-order valence-electron chi connectivity index (χ1n) is 10.5. The molecule has 2 aromatic carbocycles. The molecule has 1 atom stereocenters. The highest BCUT2D eigenvalue weighted by Crippen LogP contribution is 2.21. The SMILES string of the molecule is C[C@@H](CCc1ccccc1)NC(=O)CC1CCN(C(=O)Nc2ccccc2)CC1. The molecule has 1 fully saturated rings. The standard InChI is InChI=1S/C24H31N3O2/c1-19(12-13-20-8-4-2-5-9-20)25-23(28)18-21-14-16-27(17-15-21)24(29)26-22-10-6-3-7-11-22/h2-11,19,21H,12-18H2,1H3,(H,25,28)(H,26,29)/t19-/m0/s1. The Bertz CT molecular complexity index is 771. The number of nitrogens with one attached hydrogen (secondary N) is 2. The van der Waals surface area contributed by atoms with E-state index in [0.29, 0.717) is 25.4 Å². The van der Waals surface area contributed by atoms with E-state index in [2.05, 4.69) is 29.7 Å². The highest BCUT2D eigenvalue weighted by Gasteiger charge is 2.24. The fourth-order valence-electron chi connectivity index (χ4n) is 3.76. The van der Waals surface area contributed by atoms with Crippen molar-refractivity contribution in [3.05, 3.63) is 66.2 Å². The second-order valence-electron chi connectivity index (χ2n) is 7.92. The van der Waals surface area contributed by atoms with E-state index in [-0.39, 0.29) is 18.0 Å². The average Bonchev–Trinajstić information content (AvgIpc) is 2.74. The van der Waals surface area contributed by atoms with Gasteiger partial charge in [-0.05, 0) is 56.2 Å².